The maximum absolute atomic E-state index is 12.5. The number of allylic oxidation sites excluding steroid dienone is 4. The number of nitrogens with one attached hydrogen (secondary N) is 1. The summed E-state index contributed by atoms with van der Waals surface area (Å²) < 4.78 is 5.49. The van der Waals surface area contributed by atoms with E-state index < -0.39 is 12.1 Å². The van der Waals surface area contributed by atoms with E-state index in [-0.39, 0.29) is 18.5 Å². The molecule has 79 heavy (non-hydrogen) atoms. The van der Waals surface area contributed by atoms with Gasteiger partial charge < -0.3 is 20.3 Å². The molecule has 0 bridgehead atoms. The highest BCUT2D eigenvalue weighted by Gasteiger charge is 2.20. The van der Waals surface area contributed by atoms with E-state index in [9.17, 15) is 19.8 Å². The second kappa shape index (κ2) is 68.8. The van der Waals surface area contributed by atoms with Crippen molar-refractivity contribution in [2.24, 2.45) is 0 Å². The minimum absolute atomic E-state index is 0.0134. The highest BCUT2D eigenvalue weighted by atomic mass is 16.5. The van der Waals surface area contributed by atoms with Gasteiger partial charge in [-0.1, -0.05) is 340 Å². The molecule has 2 atom stereocenters. The van der Waals surface area contributed by atoms with E-state index in [2.05, 4.69) is 43.5 Å². The fourth-order valence-corrected chi connectivity index (χ4v) is 11.5. The van der Waals surface area contributed by atoms with Crippen LogP contribution in [0.2, 0.25) is 0 Å². The van der Waals surface area contributed by atoms with E-state index in [0.29, 0.717) is 25.9 Å². The van der Waals surface area contributed by atoms with E-state index >= 15 is 0 Å². The molecule has 6 nitrogen and oxygen atoms in total. The maximum Gasteiger partial charge on any atom is 0.305 e. The van der Waals surface area contributed by atoms with Crippen molar-refractivity contribution in [1.29, 1.82) is 0 Å². The van der Waals surface area contributed by atoms with E-state index in [1.807, 2.05) is 0 Å². The monoisotopic (exact) mass is 1110 g/mol. The third-order valence-corrected chi connectivity index (χ3v) is 17.0. The second-order valence-corrected chi connectivity index (χ2v) is 24.9. The largest absolute Gasteiger partial charge is 0.466 e. The molecule has 0 heterocycles. The number of unbranched alkanes of at least 4 members (excludes halogenated alkanes) is 53. The highest BCUT2D eigenvalue weighted by Crippen LogP contribution is 2.19. The zero-order valence-corrected chi connectivity index (χ0v) is 53.6. The number of hydrogen-bond donors (Lipinski definition) is 3. The van der Waals surface area contributed by atoms with Gasteiger partial charge in [-0.2, -0.15) is 0 Å². The molecule has 1 amide bonds. The lowest BCUT2D eigenvalue weighted by molar-refractivity contribution is -0.143. The van der Waals surface area contributed by atoms with E-state index in [1.165, 1.54) is 327 Å². The average molecular weight is 1110 g/mol. The minimum Gasteiger partial charge on any atom is -0.466 e. The number of carbonyl (C=O) groups excluding carboxylic acids is 2. The molecule has 0 saturated heterocycles. The van der Waals surface area contributed by atoms with E-state index in [0.717, 1.165) is 44.9 Å². The standard InChI is InChI=1S/C73H141NO5/c1-3-5-7-9-11-13-15-16-43-47-51-55-59-63-67-73(78)79-68-64-60-56-52-48-44-41-39-37-35-33-31-29-27-25-23-21-19-17-18-20-22-24-26-28-30-32-34-36-38-40-42-46-50-54-58-62-66-72(77)74-70(69-75)71(76)65-61-57-53-49-45-14-12-10-8-6-4-2/h15-17,19,70-71,75-76H,3-14,18,20-69H2,1-2H3,(H,74,77)/b16-15-,19-17-. The van der Waals surface area contributed by atoms with Crippen molar-refractivity contribution in [3.05, 3.63) is 24.3 Å². The van der Waals surface area contributed by atoms with Crippen LogP contribution in [-0.4, -0.2) is 47.4 Å². The van der Waals surface area contributed by atoms with Gasteiger partial charge in [0.15, 0.2) is 0 Å². The molecule has 0 aromatic carbocycles. The molecule has 0 aromatic rings. The van der Waals surface area contributed by atoms with Crippen molar-refractivity contribution in [3.63, 3.8) is 0 Å². The normalized spacial score (nSPS) is 12.6. The molecule has 0 saturated carbocycles. The Morgan fingerprint density at radius 2 is 0.595 bits per heavy atom. The summed E-state index contributed by atoms with van der Waals surface area (Å²) >= 11 is 0. The summed E-state index contributed by atoms with van der Waals surface area (Å²) in [4.78, 5) is 24.5. The highest BCUT2D eigenvalue weighted by molar-refractivity contribution is 5.76. The van der Waals surface area contributed by atoms with Crippen LogP contribution < -0.4 is 5.32 Å². The molecule has 6 heteroatoms. The molecule has 0 aromatic heterocycles. The number of aliphatic hydroxyl groups excluding tert-OH is 2. The van der Waals surface area contributed by atoms with Gasteiger partial charge >= 0.3 is 5.97 Å². The summed E-state index contributed by atoms with van der Waals surface area (Å²) in [6.07, 6.45) is 86.9. The fraction of sp³-hybridized carbons (Fsp3) is 0.918. The van der Waals surface area contributed by atoms with Gasteiger partial charge in [0.2, 0.25) is 5.91 Å². The van der Waals surface area contributed by atoms with Crippen molar-refractivity contribution in [2.45, 2.75) is 418 Å². The number of aliphatic hydroxyl groups is 2. The number of carbonyl (C=O) groups is 2. The molecular weight excluding hydrogens is 971 g/mol. The Morgan fingerprint density at radius 1 is 0.342 bits per heavy atom. The minimum atomic E-state index is -0.659. The van der Waals surface area contributed by atoms with Crippen molar-refractivity contribution in [3.8, 4) is 0 Å². The van der Waals surface area contributed by atoms with Crippen LogP contribution >= 0.6 is 0 Å². The van der Waals surface area contributed by atoms with Crippen molar-refractivity contribution >= 4 is 11.9 Å². The average Bonchev–Trinajstić information content (AvgIpc) is 3.45. The SMILES string of the molecule is CCCCCCC/C=C\CCCCCCCC(=O)OCCCCCCCCCCCCCCCCCC/C=C\CCCCCCCCCCCCCCCCCCCC(=O)NC(CO)C(O)CCCCCCCCCCCCC. The molecule has 2 unspecified atom stereocenters. The summed E-state index contributed by atoms with van der Waals surface area (Å²) in [6, 6.07) is -0.536. The van der Waals surface area contributed by atoms with Crippen LogP contribution in [0.25, 0.3) is 0 Å². The zero-order chi connectivity index (χ0) is 57.1. The van der Waals surface area contributed by atoms with Gasteiger partial charge in [-0.05, 0) is 77.0 Å². The quantitative estimate of drug-likeness (QED) is 0.0320. The smallest absolute Gasteiger partial charge is 0.305 e. The first-order valence-electron chi connectivity index (χ1n) is 36.1. The summed E-state index contributed by atoms with van der Waals surface area (Å²) in [5.41, 5.74) is 0. The summed E-state index contributed by atoms with van der Waals surface area (Å²) in [5.74, 6) is -0.0166. The third-order valence-electron chi connectivity index (χ3n) is 17.0. The van der Waals surface area contributed by atoms with Crippen molar-refractivity contribution in [2.75, 3.05) is 13.2 Å². The summed E-state index contributed by atoms with van der Waals surface area (Å²) in [7, 11) is 0. The lowest BCUT2D eigenvalue weighted by Gasteiger charge is -2.22. The Labute approximate surface area is 494 Å². The molecule has 0 radical (unpaired) electrons. The lowest BCUT2D eigenvalue weighted by Crippen LogP contribution is -2.45. The second-order valence-electron chi connectivity index (χ2n) is 24.9. The lowest BCUT2D eigenvalue weighted by atomic mass is 10.0. The number of amides is 1. The Kier molecular flexibility index (Phi) is 67.4. The van der Waals surface area contributed by atoms with E-state index in [1.54, 1.807) is 0 Å². The van der Waals surface area contributed by atoms with Crippen molar-refractivity contribution < 1.29 is 24.5 Å². The molecule has 0 rings (SSSR count). The van der Waals surface area contributed by atoms with Crippen molar-refractivity contribution in [1.82, 2.24) is 5.32 Å². The molecule has 0 spiro atoms. The maximum atomic E-state index is 12.5. The molecule has 0 aliphatic heterocycles. The van der Waals surface area contributed by atoms with E-state index in [4.69, 9.17) is 4.74 Å². The Hall–Kier alpha value is -1.66. The molecule has 0 aliphatic rings. The topological polar surface area (TPSA) is 95.9 Å². The first-order chi connectivity index (χ1) is 39.0. The van der Waals surface area contributed by atoms with Gasteiger partial charge in [-0.3, -0.25) is 9.59 Å². The van der Waals surface area contributed by atoms with Crippen LogP contribution in [0.1, 0.15) is 406 Å². The van der Waals surface area contributed by atoms with Gasteiger partial charge in [-0.25, -0.2) is 0 Å². The summed E-state index contributed by atoms with van der Waals surface area (Å²) in [6.45, 7) is 4.96. The Balaban J connectivity index is 3.30. The van der Waals surface area contributed by atoms with Crippen LogP contribution in [0.5, 0.6) is 0 Å². The summed E-state index contributed by atoms with van der Waals surface area (Å²) in [5, 5.41) is 23.2. The molecule has 3 N–H and O–H groups in total. The first-order valence-corrected chi connectivity index (χ1v) is 36.1. The van der Waals surface area contributed by atoms with Crippen LogP contribution in [-0.2, 0) is 14.3 Å². The van der Waals surface area contributed by atoms with Gasteiger partial charge in [0.1, 0.15) is 0 Å². The predicted octanol–water partition coefficient (Wildman–Crippen LogP) is 23.3. The third kappa shape index (κ3) is 65.4. The fourth-order valence-electron chi connectivity index (χ4n) is 11.5. The predicted molar refractivity (Wildman–Crippen MR) is 347 cm³/mol. The number of rotatable bonds is 68. The van der Waals surface area contributed by atoms with Gasteiger partial charge in [-0.15, -0.1) is 0 Å². The number of esters is 1. The van der Waals surface area contributed by atoms with Gasteiger partial charge in [0, 0.05) is 12.8 Å². The van der Waals surface area contributed by atoms with Crippen LogP contribution in [0, 0.1) is 0 Å². The molecule has 468 valence electrons. The Bertz CT molecular complexity index is 1230. The van der Waals surface area contributed by atoms with Gasteiger partial charge in [0.05, 0.1) is 25.4 Å². The van der Waals surface area contributed by atoms with Crippen LogP contribution in [0.15, 0.2) is 24.3 Å². The first kappa shape index (κ1) is 77.3. The molecular formula is C73H141NO5. The molecule has 0 aliphatic carbocycles. The van der Waals surface area contributed by atoms with Crippen LogP contribution in [0.4, 0.5) is 0 Å². The van der Waals surface area contributed by atoms with Crippen LogP contribution in [0.3, 0.4) is 0 Å². The number of ether oxygens (including phenoxy) is 1. The zero-order valence-electron chi connectivity index (χ0n) is 53.6. The molecule has 0 fully saturated rings. The Morgan fingerprint density at radius 3 is 0.899 bits per heavy atom. The van der Waals surface area contributed by atoms with Gasteiger partial charge in [0.25, 0.3) is 0 Å². The number of hydrogen-bond acceptors (Lipinski definition) is 5.